The van der Waals surface area contributed by atoms with Gasteiger partial charge in [-0.1, -0.05) is 25.5 Å². The van der Waals surface area contributed by atoms with Crippen molar-refractivity contribution in [3.8, 4) is 0 Å². The van der Waals surface area contributed by atoms with Crippen molar-refractivity contribution in [2.75, 3.05) is 32.7 Å². The summed E-state index contributed by atoms with van der Waals surface area (Å²) in [6.07, 6.45) is 7.10. The zero-order valence-corrected chi connectivity index (χ0v) is 19.4. The van der Waals surface area contributed by atoms with Crippen molar-refractivity contribution in [3.05, 3.63) is 35.6 Å². The van der Waals surface area contributed by atoms with Crippen LogP contribution >= 0.6 is 0 Å². The minimum absolute atomic E-state index is 0.0428. The van der Waals surface area contributed by atoms with Gasteiger partial charge in [0, 0.05) is 38.1 Å². The smallest absolute Gasteiger partial charge is 0.223 e. The second kappa shape index (κ2) is 11.4. The maximum atomic E-state index is 13.0. The monoisotopic (exact) mass is 453 g/mol. The van der Waals surface area contributed by atoms with Crippen molar-refractivity contribution in [1.82, 2.24) is 14.5 Å². The van der Waals surface area contributed by atoms with E-state index in [0.29, 0.717) is 44.1 Å². The lowest BCUT2D eigenvalue weighted by molar-refractivity contribution is -0.126. The molecule has 2 fully saturated rings. The Morgan fingerprint density at radius 2 is 1.81 bits per heavy atom. The Kier molecular flexibility index (Phi) is 8.86. The van der Waals surface area contributed by atoms with Crippen molar-refractivity contribution in [1.29, 1.82) is 0 Å². The number of likely N-dealkylation sites (tertiary alicyclic amines) is 1. The number of benzene rings is 1. The third-order valence-corrected chi connectivity index (χ3v) is 8.47. The summed E-state index contributed by atoms with van der Waals surface area (Å²) in [7, 11) is -3.47. The Morgan fingerprint density at radius 3 is 2.48 bits per heavy atom. The summed E-state index contributed by atoms with van der Waals surface area (Å²) in [6, 6.07) is 6.23. The molecule has 0 aliphatic carbocycles. The van der Waals surface area contributed by atoms with E-state index in [4.69, 9.17) is 0 Å². The molecule has 0 unspecified atom stereocenters. The summed E-state index contributed by atoms with van der Waals surface area (Å²) in [5.74, 6) is -0.606. The summed E-state index contributed by atoms with van der Waals surface area (Å²) >= 11 is 0. The summed E-state index contributed by atoms with van der Waals surface area (Å²) in [4.78, 5) is 15.1. The van der Waals surface area contributed by atoms with Crippen LogP contribution in [0.2, 0.25) is 0 Å². The van der Waals surface area contributed by atoms with Crippen LogP contribution in [0, 0.1) is 11.7 Å². The number of rotatable bonds is 9. The van der Waals surface area contributed by atoms with Crippen LogP contribution in [0.15, 0.2) is 24.3 Å². The molecule has 1 aromatic carbocycles. The Bertz CT molecular complexity index is 808. The molecule has 3 rings (SSSR count). The molecule has 0 bridgehead atoms. The number of carbonyl (C=O) groups excluding carboxylic acids is 1. The summed E-state index contributed by atoms with van der Waals surface area (Å²) in [5.41, 5.74) is 0.570. The average molecular weight is 454 g/mol. The van der Waals surface area contributed by atoms with Crippen LogP contribution in [-0.4, -0.2) is 62.3 Å². The van der Waals surface area contributed by atoms with Crippen molar-refractivity contribution in [2.24, 2.45) is 5.92 Å². The summed E-state index contributed by atoms with van der Waals surface area (Å²) < 4.78 is 39.8. The number of carbonyl (C=O) groups is 1. The number of halogens is 1. The highest BCUT2D eigenvalue weighted by molar-refractivity contribution is 7.88. The van der Waals surface area contributed by atoms with E-state index in [2.05, 4.69) is 17.1 Å². The lowest BCUT2D eigenvalue weighted by Crippen LogP contribution is -2.44. The van der Waals surface area contributed by atoms with Gasteiger partial charge in [0.1, 0.15) is 5.82 Å². The second-order valence-corrected chi connectivity index (χ2v) is 10.8. The maximum Gasteiger partial charge on any atom is 0.223 e. The van der Waals surface area contributed by atoms with E-state index >= 15 is 0 Å². The predicted molar refractivity (Wildman–Crippen MR) is 120 cm³/mol. The standard InChI is InChI=1S/C23H36FN3O3S/c1-2-22-6-3-4-14-26(22)15-5-13-25-23(28)20-11-16-27(17-12-20)31(29,30)18-19-7-9-21(24)10-8-19/h7-10,20,22H,2-6,11-18H2,1H3,(H,25,28)/t22-/m1/s1. The largest absolute Gasteiger partial charge is 0.356 e. The lowest BCUT2D eigenvalue weighted by atomic mass is 9.97. The number of amides is 1. The number of hydrogen-bond donors (Lipinski definition) is 1. The van der Waals surface area contributed by atoms with Gasteiger partial charge in [0.15, 0.2) is 0 Å². The predicted octanol–water partition coefficient (Wildman–Crippen LogP) is 3.14. The minimum Gasteiger partial charge on any atom is -0.356 e. The molecule has 0 spiro atoms. The van der Waals surface area contributed by atoms with Crippen LogP contribution in [0.25, 0.3) is 0 Å². The van der Waals surface area contributed by atoms with E-state index in [0.717, 1.165) is 19.5 Å². The molecule has 1 aromatic rings. The highest BCUT2D eigenvalue weighted by atomic mass is 32.2. The molecule has 174 valence electrons. The molecule has 31 heavy (non-hydrogen) atoms. The van der Waals surface area contributed by atoms with Gasteiger partial charge in [-0.15, -0.1) is 0 Å². The van der Waals surface area contributed by atoms with E-state index in [-0.39, 0.29) is 23.4 Å². The molecule has 6 nitrogen and oxygen atoms in total. The fourth-order valence-electron chi connectivity index (χ4n) is 4.73. The molecule has 1 N–H and O–H groups in total. The zero-order valence-electron chi connectivity index (χ0n) is 18.6. The van der Waals surface area contributed by atoms with E-state index in [1.165, 1.54) is 54.3 Å². The van der Waals surface area contributed by atoms with E-state index < -0.39 is 10.0 Å². The van der Waals surface area contributed by atoms with Gasteiger partial charge in [0.2, 0.25) is 15.9 Å². The van der Waals surface area contributed by atoms with Gasteiger partial charge in [0.05, 0.1) is 5.75 Å². The molecular formula is C23H36FN3O3S. The van der Waals surface area contributed by atoms with Crippen molar-refractivity contribution in [2.45, 2.75) is 63.7 Å². The summed E-state index contributed by atoms with van der Waals surface area (Å²) in [6.45, 7) is 5.82. The van der Waals surface area contributed by atoms with Gasteiger partial charge >= 0.3 is 0 Å². The first-order chi connectivity index (χ1) is 14.9. The molecule has 2 heterocycles. The van der Waals surface area contributed by atoms with Crippen LogP contribution < -0.4 is 5.32 Å². The molecule has 0 saturated carbocycles. The normalized spacial score (nSPS) is 21.8. The molecular weight excluding hydrogens is 417 g/mol. The van der Waals surface area contributed by atoms with Gasteiger partial charge in [-0.25, -0.2) is 17.1 Å². The van der Waals surface area contributed by atoms with Crippen LogP contribution in [-0.2, 0) is 20.6 Å². The van der Waals surface area contributed by atoms with Crippen molar-refractivity contribution in [3.63, 3.8) is 0 Å². The molecule has 1 amide bonds. The molecule has 2 saturated heterocycles. The van der Waals surface area contributed by atoms with E-state index in [1.54, 1.807) is 0 Å². The third-order valence-electron chi connectivity index (χ3n) is 6.62. The first-order valence-corrected chi connectivity index (χ1v) is 13.2. The molecule has 8 heteroatoms. The number of piperidine rings is 2. The fourth-order valence-corrected chi connectivity index (χ4v) is 6.30. The average Bonchev–Trinajstić information content (AvgIpc) is 2.78. The maximum absolute atomic E-state index is 13.0. The van der Waals surface area contributed by atoms with Crippen molar-refractivity contribution >= 4 is 15.9 Å². The summed E-state index contributed by atoms with van der Waals surface area (Å²) in [5, 5.41) is 3.05. The van der Waals surface area contributed by atoms with E-state index in [9.17, 15) is 17.6 Å². The first kappa shape index (κ1) is 24.1. The van der Waals surface area contributed by atoms with Crippen LogP contribution in [0.5, 0.6) is 0 Å². The quantitative estimate of drug-likeness (QED) is 0.583. The minimum atomic E-state index is -3.47. The number of nitrogens with one attached hydrogen (secondary N) is 1. The third kappa shape index (κ3) is 6.99. The van der Waals surface area contributed by atoms with Gasteiger partial charge in [-0.2, -0.15) is 0 Å². The van der Waals surface area contributed by atoms with Gasteiger partial charge in [-0.05, 0) is 62.8 Å². The fraction of sp³-hybridized carbons (Fsp3) is 0.696. The van der Waals surface area contributed by atoms with Gasteiger partial charge < -0.3 is 10.2 Å². The van der Waals surface area contributed by atoms with Crippen LogP contribution in [0.3, 0.4) is 0 Å². The Labute approximate surface area is 186 Å². The molecule has 0 aromatic heterocycles. The number of sulfonamides is 1. The SMILES string of the molecule is CC[C@@H]1CCCCN1CCCNC(=O)C1CCN(S(=O)(=O)Cc2ccc(F)cc2)CC1. The Morgan fingerprint density at radius 1 is 1.10 bits per heavy atom. The first-order valence-electron chi connectivity index (χ1n) is 11.6. The highest BCUT2D eigenvalue weighted by Crippen LogP contribution is 2.22. The topological polar surface area (TPSA) is 69.7 Å². The molecule has 2 aliphatic rings. The lowest BCUT2D eigenvalue weighted by Gasteiger charge is -2.35. The van der Waals surface area contributed by atoms with Gasteiger partial charge in [-0.3, -0.25) is 4.79 Å². The Hall–Kier alpha value is -1.51. The molecule has 2 aliphatic heterocycles. The molecule has 0 radical (unpaired) electrons. The number of nitrogens with zero attached hydrogens (tertiary/aromatic N) is 2. The zero-order chi connectivity index (χ0) is 22.3. The molecule has 1 atom stereocenters. The van der Waals surface area contributed by atoms with Gasteiger partial charge in [0.25, 0.3) is 0 Å². The van der Waals surface area contributed by atoms with Crippen LogP contribution in [0.1, 0.15) is 57.4 Å². The van der Waals surface area contributed by atoms with Crippen molar-refractivity contribution < 1.29 is 17.6 Å². The second-order valence-electron chi connectivity index (χ2n) is 8.79. The highest BCUT2D eigenvalue weighted by Gasteiger charge is 2.31. The van der Waals surface area contributed by atoms with Crippen LogP contribution in [0.4, 0.5) is 4.39 Å². The van der Waals surface area contributed by atoms with E-state index in [1.807, 2.05) is 0 Å². The Balaban J connectivity index is 1.37. The number of hydrogen-bond acceptors (Lipinski definition) is 4.